The Labute approximate surface area is 125 Å². The maximum atomic E-state index is 12.1. The van der Waals surface area contributed by atoms with Crippen LogP contribution < -0.4 is 10.6 Å². The zero-order valence-corrected chi connectivity index (χ0v) is 12.6. The van der Waals surface area contributed by atoms with Gasteiger partial charge < -0.3 is 10.6 Å². The van der Waals surface area contributed by atoms with Crippen LogP contribution in [0.3, 0.4) is 0 Å². The zero-order valence-electron chi connectivity index (χ0n) is 12.6. The van der Waals surface area contributed by atoms with Gasteiger partial charge in [-0.25, -0.2) is 0 Å². The van der Waals surface area contributed by atoms with Gasteiger partial charge >= 0.3 is 0 Å². The number of rotatable bonds is 2. The summed E-state index contributed by atoms with van der Waals surface area (Å²) in [6.07, 6.45) is 0. The minimum absolute atomic E-state index is 0.00361. The summed E-state index contributed by atoms with van der Waals surface area (Å²) in [5.74, 6) is -0.00361. The number of fused-ring (bicyclic) bond motifs is 1. The molecule has 1 aliphatic heterocycles. The van der Waals surface area contributed by atoms with E-state index in [1.54, 1.807) is 0 Å². The molecule has 0 aliphatic carbocycles. The fourth-order valence-electron chi connectivity index (χ4n) is 2.59. The number of nitrogens with one attached hydrogen (secondary N) is 2. The van der Waals surface area contributed by atoms with Crippen molar-refractivity contribution in [2.75, 3.05) is 10.6 Å². The minimum atomic E-state index is -0.318. The van der Waals surface area contributed by atoms with Crippen molar-refractivity contribution in [3.63, 3.8) is 0 Å². The molecule has 0 aromatic heterocycles. The largest absolute Gasteiger partial charge is 0.370 e. The second-order valence-corrected chi connectivity index (χ2v) is 6.48. The first kappa shape index (κ1) is 13.7. The van der Waals surface area contributed by atoms with Gasteiger partial charge in [-0.2, -0.15) is 0 Å². The molecule has 0 bridgehead atoms. The lowest BCUT2D eigenvalue weighted by Gasteiger charge is -2.20. The van der Waals surface area contributed by atoms with Crippen LogP contribution in [0.25, 0.3) is 0 Å². The van der Waals surface area contributed by atoms with Crippen molar-refractivity contribution in [2.45, 2.75) is 32.2 Å². The topological polar surface area (TPSA) is 41.1 Å². The number of para-hydroxylation sites is 1. The molecule has 1 heterocycles. The van der Waals surface area contributed by atoms with Crippen molar-refractivity contribution in [3.8, 4) is 0 Å². The molecule has 2 aromatic rings. The molecule has 1 unspecified atom stereocenters. The highest BCUT2D eigenvalue weighted by atomic mass is 16.2. The highest BCUT2D eigenvalue weighted by Gasteiger charge is 2.29. The van der Waals surface area contributed by atoms with Crippen molar-refractivity contribution >= 4 is 17.3 Å². The predicted octanol–water partition coefficient (Wildman–Crippen LogP) is 4.09. The van der Waals surface area contributed by atoms with Crippen LogP contribution in [-0.2, 0) is 10.2 Å². The van der Waals surface area contributed by atoms with Crippen molar-refractivity contribution in [2.24, 2.45) is 0 Å². The lowest BCUT2D eigenvalue weighted by molar-refractivity contribution is -0.116. The van der Waals surface area contributed by atoms with Gasteiger partial charge in [-0.3, -0.25) is 4.79 Å². The predicted molar refractivity (Wildman–Crippen MR) is 86.6 cm³/mol. The Morgan fingerprint density at radius 2 is 1.67 bits per heavy atom. The van der Waals surface area contributed by atoms with Crippen LogP contribution in [0.1, 0.15) is 37.9 Å². The van der Waals surface area contributed by atoms with Crippen molar-refractivity contribution < 1.29 is 4.79 Å². The molecule has 2 N–H and O–H groups in total. The summed E-state index contributed by atoms with van der Waals surface area (Å²) < 4.78 is 0. The number of anilines is 2. The Morgan fingerprint density at radius 1 is 1.00 bits per heavy atom. The van der Waals surface area contributed by atoms with E-state index in [9.17, 15) is 4.79 Å². The van der Waals surface area contributed by atoms with E-state index in [2.05, 4.69) is 43.5 Å². The van der Waals surface area contributed by atoms with E-state index >= 15 is 0 Å². The first-order valence-corrected chi connectivity index (χ1v) is 7.22. The molecule has 0 radical (unpaired) electrons. The highest BCUT2D eigenvalue weighted by Crippen LogP contribution is 2.33. The minimum Gasteiger partial charge on any atom is -0.370 e. The van der Waals surface area contributed by atoms with Gasteiger partial charge in [0, 0.05) is 16.9 Å². The number of hydrogen-bond donors (Lipinski definition) is 2. The van der Waals surface area contributed by atoms with E-state index < -0.39 is 0 Å². The molecular weight excluding hydrogens is 260 g/mol. The van der Waals surface area contributed by atoms with Crippen LogP contribution in [0, 0.1) is 0 Å². The van der Waals surface area contributed by atoms with Crippen LogP contribution in [0.4, 0.5) is 11.4 Å². The van der Waals surface area contributed by atoms with Crippen LogP contribution >= 0.6 is 0 Å². The summed E-state index contributed by atoms with van der Waals surface area (Å²) in [6.45, 7) is 6.57. The summed E-state index contributed by atoms with van der Waals surface area (Å²) in [4.78, 5) is 12.1. The molecule has 21 heavy (non-hydrogen) atoms. The molecule has 3 rings (SSSR count). The lowest BCUT2D eigenvalue weighted by Crippen LogP contribution is -2.19. The van der Waals surface area contributed by atoms with Crippen LogP contribution in [0.2, 0.25) is 0 Å². The van der Waals surface area contributed by atoms with E-state index in [0.29, 0.717) is 0 Å². The maximum absolute atomic E-state index is 12.1. The van der Waals surface area contributed by atoms with Crippen molar-refractivity contribution in [1.82, 2.24) is 0 Å². The van der Waals surface area contributed by atoms with Gasteiger partial charge in [0.05, 0.1) is 0 Å². The highest BCUT2D eigenvalue weighted by molar-refractivity contribution is 6.04. The van der Waals surface area contributed by atoms with Gasteiger partial charge in [0.1, 0.15) is 6.04 Å². The summed E-state index contributed by atoms with van der Waals surface area (Å²) in [5, 5.41) is 6.22. The van der Waals surface area contributed by atoms with Gasteiger partial charge in [0.25, 0.3) is 5.91 Å². The monoisotopic (exact) mass is 280 g/mol. The Kier molecular flexibility index (Phi) is 3.20. The van der Waals surface area contributed by atoms with Crippen LogP contribution in [-0.4, -0.2) is 5.91 Å². The molecule has 2 aromatic carbocycles. The molecule has 108 valence electrons. The van der Waals surface area contributed by atoms with Crippen LogP contribution in [0.15, 0.2) is 48.5 Å². The second kappa shape index (κ2) is 4.92. The average molecular weight is 280 g/mol. The number of benzene rings is 2. The SMILES string of the molecule is CC(C)(C)c1ccc(NC2C(=O)Nc3ccccc32)cc1. The number of hydrogen-bond acceptors (Lipinski definition) is 2. The second-order valence-electron chi connectivity index (χ2n) is 6.48. The number of carbonyl (C=O) groups excluding carboxylic acids is 1. The summed E-state index contributed by atoms with van der Waals surface area (Å²) in [5.41, 5.74) is 4.27. The molecule has 1 aliphatic rings. The van der Waals surface area contributed by atoms with E-state index in [1.807, 2.05) is 36.4 Å². The van der Waals surface area contributed by atoms with Gasteiger partial charge in [-0.05, 0) is 29.2 Å². The van der Waals surface area contributed by atoms with Gasteiger partial charge in [0.2, 0.25) is 0 Å². The molecule has 0 saturated heterocycles. The Morgan fingerprint density at radius 3 is 2.33 bits per heavy atom. The first-order valence-electron chi connectivity index (χ1n) is 7.22. The standard InChI is InChI=1S/C18H20N2O/c1-18(2,3)12-8-10-13(11-9-12)19-16-14-6-4-5-7-15(14)20-17(16)21/h4-11,16,19H,1-3H3,(H,20,21). The molecule has 0 fully saturated rings. The zero-order chi connectivity index (χ0) is 15.0. The average Bonchev–Trinajstić information content (AvgIpc) is 2.75. The van der Waals surface area contributed by atoms with E-state index in [1.165, 1.54) is 5.56 Å². The quantitative estimate of drug-likeness (QED) is 0.870. The summed E-state index contributed by atoms with van der Waals surface area (Å²) >= 11 is 0. The third-order valence-corrected chi connectivity index (χ3v) is 3.85. The third kappa shape index (κ3) is 2.64. The Hall–Kier alpha value is -2.29. The van der Waals surface area contributed by atoms with E-state index in [0.717, 1.165) is 16.9 Å². The molecule has 3 heteroatoms. The fourth-order valence-corrected chi connectivity index (χ4v) is 2.59. The van der Waals surface area contributed by atoms with E-state index in [4.69, 9.17) is 0 Å². The Bertz CT molecular complexity index is 668. The summed E-state index contributed by atoms with van der Waals surface area (Å²) in [7, 11) is 0. The summed E-state index contributed by atoms with van der Waals surface area (Å²) in [6, 6.07) is 15.8. The van der Waals surface area contributed by atoms with Crippen LogP contribution in [0.5, 0.6) is 0 Å². The van der Waals surface area contributed by atoms with Crippen molar-refractivity contribution in [1.29, 1.82) is 0 Å². The maximum Gasteiger partial charge on any atom is 0.251 e. The molecule has 3 nitrogen and oxygen atoms in total. The molecule has 1 amide bonds. The number of amides is 1. The van der Waals surface area contributed by atoms with Gasteiger partial charge in [0.15, 0.2) is 0 Å². The van der Waals surface area contributed by atoms with Gasteiger partial charge in [-0.15, -0.1) is 0 Å². The number of carbonyl (C=O) groups is 1. The first-order chi connectivity index (χ1) is 9.95. The molecule has 0 saturated carbocycles. The molecule has 0 spiro atoms. The van der Waals surface area contributed by atoms with Crippen molar-refractivity contribution in [3.05, 3.63) is 59.7 Å². The fraction of sp³-hybridized carbons (Fsp3) is 0.278. The third-order valence-electron chi connectivity index (χ3n) is 3.85. The smallest absolute Gasteiger partial charge is 0.251 e. The van der Waals surface area contributed by atoms with E-state index in [-0.39, 0.29) is 17.4 Å². The lowest BCUT2D eigenvalue weighted by atomic mass is 9.87. The molecule has 1 atom stereocenters. The Balaban J connectivity index is 1.83. The normalized spacial score (nSPS) is 17.3. The molecular formula is C18H20N2O. The van der Waals surface area contributed by atoms with Gasteiger partial charge in [-0.1, -0.05) is 51.1 Å².